The summed E-state index contributed by atoms with van der Waals surface area (Å²) >= 11 is 5.75. The molecule has 1 unspecified atom stereocenters. The third-order valence-electron chi connectivity index (χ3n) is 2.36. The van der Waals surface area contributed by atoms with Gasteiger partial charge in [-0.15, -0.1) is 0 Å². The fourth-order valence-corrected chi connectivity index (χ4v) is 1.49. The third kappa shape index (κ3) is 4.58. The molecule has 0 fully saturated rings. The van der Waals surface area contributed by atoms with E-state index in [1.165, 1.54) is 18.2 Å². The van der Waals surface area contributed by atoms with Crippen LogP contribution in [-0.2, 0) is 9.59 Å². The van der Waals surface area contributed by atoms with Crippen molar-refractivity contribution in [3.05, 3.63) is 28.8 Å². The molecule has 0 aliphatic carbocycles. The maximum atomic E-state index is 11.7. The summed E-state index contributed by atoms with van der Waals surface area (Å²) in [6.07, 6.45) is -0.140. The number of nitrogens with one attached hydrogen (secondary N) is 1. The quantitative estimate of drug-likeness (QED) is 0.753. The predicted octanol–water partition coefficient (Wildman–Crippen LogP) is 1.34. The van der Waals surface area contributed by atoms with Gasteiger partial charge in [0.15, 0.2) is 0 Å². The van der Waals surface area contributed by atoms with Gasteiger partial charge in [0.1, 0.15) is 6.07 Å². The average molecular weight is 282 g/mol. The van der Waals surface area contributed by atoms with Gasteiger partial charge in [0.25, 0.3) is 0 Å². The van der Waals surface area contributed by atoms with Crippen molar-refractivity contribution in [2.75, 3.05) is 5.32 Å². The summed E-state index contributed by atoms with van der Waals surface area (Å²) in [5, 5.41) is 20.1. The molecule has 0 aliphatic heterocycles. The molecule has 6 nitrogen and oxygen atoms in total. The number of rotatable bonds is 5. The lowest BCUT2D eigenvalue weighted by Crippen LogP contribution is -2.36. The van der Waals surface area contributed by atoms with Gasteiger partial charge in [-0.3, -0.25) is 9.59 Å². The molecule has 19 heavy (non-hydrogen) atoms. The zero-order valence-corrected chi connectivity index (χ0v) is 10.6. The first-order valence-electron chi connectivity index (χ1n) is 5.42. The monoisotopic (exact) mass is 281 g/mol. The summed E-state index contributed by atoms with van der Waals surface area (Å²) in [6, 6.07) is 5.40. The molecule has 1 atom stereocenters. The number of hydrogen-bond donors (Lipinski definition) is 3. The second-order valence-electron chi connectivity index (χ2n) is 3.83. The van der Waals surface area contributed by atoms with Gasteiger partial charge in [-0.2, -0.15) is 5.26 Å². The Hall–Kier alpha value is -2.10. The minimum absolute atomic E-state index is 0.0415. The van der Waals surface area contributed by atoms with Crippen LogP contribution in [0.5, 0.6) is 0 Å². The van der Waals surface area contributed by atoms with Crippen molar-refractivity contribution in [1.29, 1.82) is 5.26 Å². The van der Waals surface area contributed by atoms with Crippen molar-refractivity contribution < 1.29 is 14.7 Å². The smallest absolute Gasteiger partial charge is 0.303 e. The molecule has 0 saturated heterocycles. The number of carboxylic acid groups (broad SMARTS) is 1. The normalized spacial score (nSPS) is 11.4. The van der Waals surface area contributed by atoms with E-state index in [1.807, 2.05) is 6.07 Å². The van der Waals surface area contributed by atoms with Crippen molar-refractivity contribution in [2.24, 2.45) is 5.73 Å². The lowest BCUT2D eigenvalue weighted by Gasteiger charge is -2.11. The van der Waals surface area contributed by atoms with Crippen LogP contribution >= 0.6 is 11.6 Å². The largest absolute Gasteiger partial charge is 0.481 e. The number of halogens is 1. The lowest BCUT2D eigenvalue weighted by molar-refractivity contribution is -0.137. The van der Waals surface area contributed by atoms with E-state index in [-0.39, 0.29) is 23.4 Å². The van der Waals surface area contributed by atoms with E-state index in [2.05, 4.69) is 5.32 Å². The summed E-state index contributed by atoms with van der Waals surface area (Å²) < 4.78 is 0. The molecule has 1 rings (SSSR count). The minimum Gasteiger partial charge on any atom is -0.481 e. The molecular formula is C12H12ClN3O3. The van der Waals surface area contributed by atoms with Crippen molar-refractivity contribution in [1.82, 2.24) is 0 Å². The molecule has 0 aromatic heterocycles. The van der Waals surface area contributed by atoms with Crippen LogP contribution in [0.25, 0.3) is 0 Å². The Morgan fingerprint density at radius 2 is 2.21 bits per heavy atom. The van der Waals surface area contributed by atoms with Gasteiger partial charge in [0.05, 0.1) is 16.6 Å². The number of nitriles is 1. The van der Waals surface area contributed by atoms with Crippen LogP contribution in [0.3, 0.4) is 0 Å². The Balaban J connectivity index is 2.67. The Morgan fingerprint density at radius 3 is 2.79 bits per heavy atom. The predicted molar refractivity (Wildman–Crippen MR) is 69.6 cm³/mol. The zero-order valence-electron chi connectivity index (χ0n) is 9.89. The topological polar surface area (TPSA) is 116 Å². The van der Waals surface area contributed by atoms with E-state index in [0.29, 0.717) is 5.69 Å². The first-order chi connectivity index (χ1) is 8.93. The van der Waals surface area contributed by atoms with Crippen LogP contribution in [-0.4, -0.2) is 23.0 Å². The number of hydrogen-bond acceptors (Lipinski definition) is 4. The number of nitrogens with two attached hydrogens (primary N) is 1. The molecule has 4 N–H and O–H groups in total. The fourth-order valence-electron chi connectivity index (χ4n) is 1.33. The molecule has 7 heteroatoms. The van der Waals surface area contributed by atoms with E-state index < -0.39 is 17.9 Å². The van der Waals surface area contributed by atoms with Crippen LogP contribution in [0.2, 0.25) is 5.02 Å². The standard InChI is InChI=1S/C12H12ClN3O3/c13-9-2-1-8(5-7(9)6-14)16-12(19)10(15)3-4-11(17)18/h1-2,5,10H,3-4,15H2,(H,16,19)(H,17,18). The molecule has 0 saturated carbocycles. The summed E-state index contributed by atoms with van der Waals surface area (Å²) in [4.78, 5) is 22.0. The number of aliphatic carboxylic acids is 1. The van der Waals surface area contributed by atoms with Crippen LogP contribution in [0.4, 0.5) is 5.69 Å². The third-order valence-corrected chi connectivity index (χ3v) is 2.69. The van der Waals surface area contributed by atoms with Crippen molar-refractivity contribution in [3.8, 4) is 6.07 Å². The molecule has 0 bridgehead atoms. The number of carbonyl (C=O) groups excluding carboxylic acids is 1. The number of anilines is 1. The average Bonchev–Trinajstić information content (AvgIpc) is 2.37. The second-order valence-corrected chi connectivity index (χ2v) is 4.24. The van der Waals surface area contributed by atoms with Gasteiger partial charge in [-0.25, -0.2) is 0 Å². The van der Waals surface area contributed by atoms with Crippen molar-refractivity contribution in [3.63, 3.8) is 0 Å². The molecule has 1 aromatic carbocycles. The van der Waals surface area contributed by atoms with Crippen LogP contribution in [0, 0.1) is 11.3 Å². The Kier molecular flexibility index (Phi) is 5.30. The number of carbonyl (C=O) groups is 2. The maximum Gasteiger partial charge on any atom is 0.303 e. The summed E-state index contributed by atoms with van der Waals surface area (Å²) in [7, 11) is 0. The molecular weight excluding hydrogens is 270 g/mol. The van der Waals surface area contributed by atoms with Gasteiger partial charge in [0, 0.05) is 12.1 Å². The fraction of sp³-hybridized carbons (Fsp3) is 0.250. The number of amides is 1. The van der Waals surface area contributed by atoms with E-state index in [1.54, 1.807) is 0 Å². The van der Waals surface area contributed by atoms with Gasteiger partial charge in [-0.05, 0) is 24.6 Å². The lowest BCUT2D eigenvalue weighted by atomic mass is 10.1. The highest BCUT2D eigenvalue weighted by Gasteiger charge is 2.15. The number of carboxylic acids is 1. The minimum atomic E-state index is -1.01. The summed E-state index contributed by atoms with van der Waals surface area (Å²) in [5.41, 5.74) is 6.17. The molecule has 100 valence electrons. The van der Waals surface area contributed by atoms with Crippen LogP contribution in [0.15, 0.2) is 18.2 Å². The molecule has 0 radical (unpaired) electrons. The van der Waals surface area contributed by atoms with Crippen molar-refractivity contribution in [2.45, 2.75) is 18.9 Å². The Morgan fingerprint density at radius 1 is 1.53 bits per heavy atom. The van der Waals surface area contributed by atoms with Crippen molar-refractivity contribution >= 4 is 29.2 Å². The van der Waals surface area contributed by atoms with E-state index in [4.69, 9.17) is 27.7 Å². The Bertz CT molecular complexity index is 540. The number of benzene rings is 1. The summed E-state index contributed by atoms with van der Waals surface area (Å²) in [6.45, 7) is 0. The maximum absolute atomic E-state index is 11.7. The highest BCUT2D eigenvalue weighted by Crippen LogP contribution is 2.19. The summed E-state index contributed by atoms with van der Waals surface area (Å²) in [5.74, 6) is -1.52. The molecule has 1 aromatic rings. The SMILES string of the molecule is N#Cc1cc(NC(=O)C(N)CCC(=O)O)ccc1Cl. The van der Waals surface area contributed by atoms with Gasteiger partial charge in [-0.1, -0.05) is 11.6 Å². The first-order valence-corrected chi connectivity index (χ1v) is 5.79. The first kappa shape index (κ1) is 15.0. The van der Waals surface area contributed by atoms with E-state index >= 15 is 0 Å². The molecule has 0 heterocycles. The highest BCUT2D eigenvalue weighted by molar-refractivity contribution is 6.31. The molecule has 0 spiro atoms. The molecule has 1 amide bonds. The van der Waals surface area contributed by atoms with E-state index in [9.17, 15) is 9.59 Å². The van der Waals surface area contributed by atoms with Crippen LogP contribution < -0.4 is 11.1 Å². The van der Waals surface area contributed by atoms with E-state index in [0.717, 1.165) is 0 Å². The van der Waals surface area contributed by atoms with Crippen LogP contribution in [0.1, 0.15) is 18.4 Å². The second kappa shape index (κ2) is 6.73. The van der Waals surface area contributed by atoms with Gasteiger partial charge >= 0.3 is 5.97 Å². The van der Waals surface area contributed by atoms with Gasteiger partial charge in [0.2, 0.25) is 5.91 Å². The highest BCUT2D eigenvalue weighted by atomic mass is 35.5. The molecule has 0 aliphatic rings. The zero-order chi connectivity index (χ0) is 14.4. The number of nitrogens with zero attached hydrogens (tertiary/aromatic N) is 1. The Labute approximate surface area is 114 Å². The van der Waals surface area contributed by atoms with Gasteiger partial charge < -0.3 is 16.2 Å².